The average Bonchev–Trinajstić information content (AvgIpc) is 2.84. The molecule has 6 heteroatoms. The smallest absolute Gasteiger partial charge is 0.854 e. The number of rotatable bonds is 22. The second kappa shape index (κ2) is 51.8. The van der Waals surface area contributed by atoms with Crippen LogP contribution in [0, 0.1) is 0 Å². The van der Waals surface area contributed by atoms with Gasteiger partial charge in [0.2, 0.25) is 0 Å². The van der Waals surface area contributed by atoms with E-state index in [4.69, 9.17) is 0 Å². The van der Waals surface area contributed by atoms with Gasteiger partial charge in [-0.05, 0) is 12.8 Å². The first-order valence-corrected chi connectivity index (χ1v) is 15.0. The second-order valence-corrected chi connectivity index (χ2v) is 9.24. The van der Waals surface area contributed by atoms with Crippen molar-refractivity contribution in [3.63, 3.8) is 0 Å². The van der Waals surface area contributed by atoms with E-state index >= 15 is 0 Å². The Balaban J connectivity index is -0.000000163. The molecule has 0 rings (SSSR count). The molecule has 0 aromatic rings. The summed E-state index contributed by atoms with van der Waals surface area (Å²) in [7, 11) is 0. The van der Waals surface area contributed by atoms with Crippen LogP contribution in [-0.4, -0.2) is 25.8 Å². The van der Waals surface area contributed by atoms with Crippen molar-refractivity contribution in [3.8, 4) is 0 Å². The minimum absolute atomic E-state index is 0. The molecule has 0 aromatic carbocycles. The van der Waals surface area contributed by atoms with Crippen LogP contribution >= 0.6 is 0 Å². The number of carbonyl (C=O) groups excluding carboxylic acids is 1. The Morgan fingerprint density at radius 1 is 0.417 bits per heavy atom. The molecule has 5 nitrogen and oxygen atoms in total. The molecule has 0 heterocycles. The summed E-state index contributed by atoms with van der Waals surface area (Å²) in [5.74, 6) is -0.903. The molecule has 0 aliphatic heterocycles. The number of carbonyl (C=O) groups is 1. The summed E-state index contributed by atoms with van der Waals surface area (Å²) in [6, 6.07) is 0. The molecular weight excluding hydrogens is 532 g/mol. The number of hydrogen-bond acceptors (Lipinski definition) is 5. The monoisotopic (exact) mass is 592 g/mol. The van der Waals surface area contributed by atoms with Crippen molar-refractivity contribution < 1.29 is 51.4 Å². The van der Waals surface area contributed by atoms with Crippen LogP contribution in [0.15, 0.2) is 0 Å². The van der Waals surface area contributed by atoms with Crippen molar-refractivity contribution in [2.45, 2.75) is 169 Å². The predicted molar refractivity (Wildman–Crippen MR) is 144 cm³/mol. The van der Waals surface area contributed by atoms with Gasteiger partial charge in [0.05, 0.1) is 0 Å². The van der Waals surface area contributed by atoms with Gasteiger partial charge in [-0.1, -0.05) is 156 Å². The van der Waals surface area contributed by atoms with Crippen LogP contribution in [0.2, 0.25) is 0 Å². The van der Waals surface area contributed by atoms with Gasteiger partial charge in [-0.3, -0.25) is 0 Å². The maximum Gasteiger partial charge on any atom is 4.00 e. The fraction of sp³-hybridized carbons (Fsp3) is 0.967. The molecular formula is C30H62O5Zr. The number of unbranched alkanes of at least 4 members (excludes halogenated alkanes) is 17. The average molecular weight is 594 g/mol. The first-order valence-electron chi connectivity index (χ1n) is 15.0. The van der Waals surface area contributed by atoms with Crippen LogP contribution in [0.25, 0.3) is 0 Å². The van der Waals surface area contributed by atoms with Crippen molar-refractivity contribution in [3.05, 3.63) is 0 Å². The summed E-state index contributed by atoms with van der Waals surface area (Å²) in [5.41, 5.74) is 0. The first-order chi connectivity index (χ1) is 17.0. The van der Waals surface area contributed by atoms with E-state index in [1.54, 1.807) is 0 Å². The molecule has 0 atom stereocenters. The topological polar surface area (TPSA) is 109 Å². The largest absolute Gasteiger partial charge is 4.00 e. The number of carboxylic acids is 1. The molecule has 0 aliphatic carbocycles. The maximum absolute atomic E-state index is 10.2. The van der Waals surface area contributed by atoms with E-state index in [1.165, 1.54) is 83.5 Å². The summed E-state index contributed by atoms with van der Waals surface area (Å²) in [4.78, 5) is 10.2. The molecule has 36 heavy (non-hydrogen) atoms. The normalized spacial score (nSPS) is 9.53. The molecule has 0 aromatic heterocycles. The zero-order valence-electron chi connectivity index (χ0n) is 24.7. The zero-order valence-corrected chi connectivity index (χ0v) is 27.2. The minimum Gasteiger partial charge on any atom is -0.854 e. The van der Waals surface area contributed by atoms with Crippen molar-refractivity contribution in [1.82, 2.24) is 0 Å². The van der Waals surface area contributed by atoms with Crippen LogP contribution in [0.5, 0.6) is 0 Å². The maximum atomic E-state index is 10.2. The molecule has 0 bridgehead atoms. The van der Waals surface area contributed by atoms with Crippen LogP contribution in [-0.2, 0) is 31.0 Å². The molecule has 0 radical (unpaired) electrons. The van der Waals surface area contributed by atoms with Crippen molar-refractivity contribution in [1.29, 1.82) is 0 Å². The van der Waals surface area contributed by atoms with Crippen molar-refractivity contribution in [2.75, 3.05) is 19.8 Å². The van der Waals surface area contributed by atoms with Crippen LogP contribution in [0.3, 0.4) is 0 Å². The Bertz CT molecular complexity index is 310. The number of aliphatic carboxylic acids is 1. The molecule has 0 amide bonds. The summed E-state index contributed by atoms with van der Waals surface area (Å²) >= 11 is 0. The van der Waals surface area contributed by atoms with Crippen LogP contribution < -0.4 is 20.4 Å². The van der Waals surface area contributed by atoms with E-state index < -0.39 is 5.97 Å². The molecule has 0 saturated heterocycles. The number of hydrogen-bond donors (Lipinski definition) is 0. The molecule has 216 valence electrons. The summed E-state index contributed by atoms with van der Waals surface area (Å²) < 4.78 is 0. The van der Waals surface area contributed by atoms with E-state index in [-0.39, 0.29) is 52.4 Å². The SMILES string of the molecule is CCCCCCCCCCCCCCCCCC(=O)[O-].CCCC[O-].CCCC[O-].CCCC[O-].[Zr+4]. The molecule has 0 N–H and O–H groups in total. The number of carboxylic acid groups (broad SMARTS) is 1. The molecule has 0 aliphatic rings. The van der Waals surface area contributed by atoms with Gasteiger partial charge >= 0.3 is 26.2 Å². The van der Waals surface area contributed by atoms with E-state index in [2.05, 4.69) is 6.92 Å². The van der Waals surface area contributed by atoms with Gasteiger partial charge in [-0.15, -0.1) is 19.8 Å². The van der Waals surface area contributed by atoms with Gasteiger partial charge in [-0.2, -0.15) is 0 Å². The second-order valence-electron chi connectivity index (χ2n) is 9.24. The van der Waals surface area contributed by atoms with Gasteiger partial charge in [0.1, 0.15) is 0 Å². The van der Waals surface area contributed by atoms with Gasteiger partial charge < -0.3 is 25.2 Å². The Labute approximate surface area is 245 Å². The van der Waals surface area contributed by atoms with E-state index in [0.29, 0.717) is 0 Å². The molecule has 0 spiro atoms. The molecule has 0 saturated carbocycles. The zero-order chi connectivity index (χ0) is 27.3. The van der Waals surface area contributed by atoms with Gasteiger partial charge in [0.25, 0.3) is 0 Å². The van der Waals surface area contributed by atoms with Gasteiger partial charge in [-0.25, -0.2) is 0 Å². The van der Waals surface area contributed by atoms with E-state index in [0.717, 1.165) is 51.4 Å². The molecule has 0 unspecified atom stereocenters. The third-order valence-electron chi connectivity index (χ3n) is 5.48. The van der Waals surface area contributed by atoms with Gasteiger partial charge in [0.15, 0.2) is 0 Å². The van der Waals surface area contributed by atoms with Crippen molar-refractivity contribution in [2.24, 2.45) is 0 Å². The summed E-state index contributed by atoms with van der Waals surface area (Å²) in [6.07, 6.45) is 25.5. The Hall–Kier alpha value is 0.233. The Morgan fingerprint density at radius 2 is 0.639 bits per heavy atom. The summed E-state index contributed by atoms with van der Waals surface area (Å²) in [5, 5.41) is 38.8. The quantitative estimate of drug-likeness (QED) is 0.155. The predicted octanol–water partition coefficient (Wildman–Crippen LogP) is 5.44. The Morgan fingerprint density at radius 3 is 0.806 bits per heavy atom. The van der Waals surface area contributed by atoms with Crippen LogP contribution in [0.4, 0.5) is 0 Å². The fourth-order valence-electron chi connectivity index (χ4n) is 3.07. The third kappa shape index (κ3) is 70.0. The standard InChI is InChI=1S/C18H36O2.3C4H9O.Zr/c1-2-3-4-5-6-7-8-9-10-11-12-13-14-15-16-17-18(19)20;3*1-2-3-4-5;/h2-17H2,1H3,(H,19,20);3*2-4H2,1H3;/q;3*-1;+4/p-1. The molecule has 0 fully saturated rings. The van der Waals surface area contributed by atoms with Crippen LogP contribution in [0.1, 0.15) is 169 Å². The van der Waals surface area contributed by atoms with E-state index in [1.807, 2.05) is 20.8 Å². The Kier molecular flexibility index (Phi) is 66.3. The first kappa shape index (κ1) is 46.1. The summed E-state index contributed by atoms with van der Waals surface area (Å²) in [6.45, 7) is 8.58. The van der Waals surface area contributed by atoms with E-state index in [9.17, 15) is 25.2 Å². The van der Waals surface area contributed by atoms with Crippen molar-refractivity contribution >= 4 is 5.97 Å². The fourth-order valence-corrected chi connectivity index (χ4v) is 3.07. The third-order valence-corrected chi connectivity index (χ3v) is 5.48. The van der Waals surface area contributed by atoms with Gasteiger partial charge in [0, 0.05) is 5.97 Å². The minimum atomic E-state index is -0.903.